The number of hydrogen-bond acceptors (Lipinski definition) is 4. The van der Waals surface area contributed by atoms with Crippen LogP contribution in [0.4, 0.5) is 11.4 Å². The van der Waals surface area contributed by atoms with Crippen LogP contribution in [-0.2, 0) is 0 Å². The molecular weight excluding hydrogens is 252 g/mol. The predicted octanol–water partition coefficient (Wildman–Crippen LogP) is 4.21. The van der Waals surface area contributed by atoms with Crippen molar-refractivity contribution in [2.75, 3.05) is 0 Å². The molecule has 2 N–H and O–H groups in total. The van der Waals surface area contributed by atoms with E-state index in [2.05, 4.69) is 10.2 Å². The summed E-state index contributed by atoms with van der Waals surface area (Å²) in [4.78, 5) is 0. The second kappa shape index (κ2) is 6.41. The molecular formula is C16H18N2O2. The lowest BCUT2D eigenvalue weighted by molar-refractivity contribution is 0.199. The Labute approximate surface area is 118 Å². The predicted molar refractivity (Wildman–Crippen MR) is 78.3 cm³/mol. The van der Waals surface area contributed by atoms with Crippen LogP contribution >= 0.6 is 0 Å². The topological polar surface area (TPSA) is 65.2 Å². The summed E-state index contributed by atoms with van der Waals surface area (Å²) < 4.78 is 0. The molecule has 0 amide bonds. The molecule has 0 aliphatic heterocycles. The Morgan fingerprint density at radius 3 is 1.20 bits per heavy atom. The van der Waals surface area contributed by atoms with Crippen molar-refractivity contribution in [3.63, 3.8) is 0 Å². The van der Waals surface area contributed by atoms with E-state index >= 15 is 0 Å². The van der Waals surface area contributed by atoms with Crippen molar-refractivity contribution in [1.29, 1.82) is 0 Å². The Morgan fingerprint density at radius 2 is 0.950 bits per heavy atom. The van der Waals surface area contributed by atoms with Crippen LogP contribution in [-0.4, -0.2) is 10.2 Å². The van der Waals surface area contributed by atoms with Gasteiger partial charge in [0.15, 0.2) is 0 Å². The Bertz CT molecular complexity index is 519. The van der Waals surface area contributed by atoms with E-state index in [1.165, 1.54) is 0 Å². The highest BCUT2D eigenvalue weighted by Gasteiger charge is 2.01. The first-order valence-electron chi connectivity index (χ1n) is 6.54. The first kappa shape index (κ1) is 14.4. The fraction of sp³-hybridized carbons (Fsp3) is 0.250. The van der Waals surface area contributed by atoms with E-state index in [4.69, 9.17) is 0 Å². The lowest BCUT2D eigenvalue weighted by atomic mass is 10.1. The van der Waals surface area contributed by atoms with E-state index in [-0.39, 0.29) is 0 Å². The van der Waals surface area contributed by atoms with Gasteiger partial charge in [0, 0.05) is 0 Å². The Morgan fingerprint density at radius 1 is 0.650 bits per heavy atom. The quantitative estimate of drug-likeness (QED) is 0.817. The number of benzene rings is 2. The molecule has 2 rings (SSSR count). The first-order chi connectivity index (χ1) is 9.56. The van der Waals surface area contributed by atoms with Gasteiger partial charge in [0.25, 0.3) is 0 Å². The van der Waals surface area contributed by atoms with Gasteiger partial charge in [-0.15, -0.1) is 0 Å². The maximum atomic E-state index is 9.42. The molecule has 2 unspecified atom stereocenters. The van der Waals surface area contributed by atoms with Crippen LogP contribution in [0.5, 0.6) is 0 Å². The molecule has 0 saturated carbocycles. The molecule has 20 heavy (non-hydrogen) atoms. The fourth-order valence-corrected chi connectivity index (χ4v) is 1.75. The third kappa shape index (κ3) is 3.73. The van der Waals surface area contributed by atoms with Crippen LogP contribution < -0.4 is 0 Å². The lowest BCUT2D eigenvalue weighted by Gasteiger charge is -2.04. The number of aliphatic hydroxyl groups is 2. The molecule has 0 fully saturated rings. The molecule has 0 aliphatic rings. The van der Waals surface area contributed by atoms with Gasteiger partial charge in [0.1, 0.15) is 0 Å². The van der Waals surface area contributed by atoms with Gasteiger partial charge < -0.3 is 10.2 Å². The zero-order chi connectivity index (χ0) is 14.5. The maximum absolute atomic E-state index is 9.42. The van der Waals surface area contributed by atoms with Crippen molar-refractivity contribution in [1.82, 2.24) is 0 Å². The summed E-state index contributed by atoms with van der Waals surface area (Å²) in [6, 6.07) is 14.6. The van der Waals surface area contributed by atoms with E-state index in [0.717, 1.165) is 22.5 Å². The summed E-state index contributed by atoms with van der Waals surface area (Å²) in [5.74, 6) is 0. The van der Waals surface area contributed by atoms with Gasteiger partial charge >= 0.3 is 0 Å². The Balaban J connectivity index is 2.08. The molecule has 2 aromatic carbocycles. The number of nitrogens with zero attached hydrogens (tertiary/aromatic N) is 2. The van der Waals surface area contributed by atoms with Crippen molar-refractivity contribution < 1.29 is 10.2 Å². The standard InChI is InChI=1S/C16H18N2O2/c1-11(19)13-3-7-15(8-4-13)17-18-16-9-5-14(6-10-16)12(2)20/h3-12,19-20H,1-2H3/b18-17+. The van der Waals surface area contributed by atoms with Crippen molar-refractivity contribution in [2.24, 2.45) is 10.2 Å². The van der Waals surface area contributed by atoms with E-state index in [1.807, 2.05) is 48.5 Å². The molecule has 4 nitrogen and oxygen atoms in total. The van der Waals surface area contributed by atoms with E-state index < -0.39 is 12.2 Å². The third-order valence-electron chi connectivity index (χ3n) is 3.03. The maximum Gasteiger partial charge on any atom is 0.0857 e. The summed E-state index contributed by atoms with van der Waals surface area (Å²) in [5, 5.41) is 27.1. The molecule has 0 saturated heterocycles. The average Bonchev–Trinajstić information content (AvgIpc) is 2.46. The molecule has 4 heteroatoms. The van der Waals surface area contributed by atoms with Gasteiger partial charge in [-0.25, -0.2) is 0 Å². The van der Waals surface area contributed by atoms with Crippen molar-refractivity contribution in [3.8, 4) is 0 Å². The molecule has 2 atom stereocenters. The van der Waals surface area contributed by atoms with Gasteiger partial charge in [-0.3, -0.25) is 0 Å². The summed E-state index contributed by atoms with van der Waals surface area (Å²) in [7, 11) is 0. The smallest absolute Gasteiger partial charge is 0.0857 e. The molecule has 2 aromatic rings. The van der Waals surface area contributed by atoms with Gasteiger partial charge in [0.2, 0.25) is 0 Å². The number of aliphatic hydroxyl groups excluding tert-OH is 2. The summed E-state index contributed by atoms with van der Waals surface area (Å²) >= 11 is 0. The number of rotatable bonds is 4. The average molecular weight is 270 g/mol. The number of hydrogen-bond donors (Lipinski definition) is 2. The van der Waals surface area contributed by atoms with Crippen LogP contribution in [0.2, 0.25) is 0 Å². The largest absolute Gasteiger partial charge is 0.389 e. The summed E-state index contributed by atoms with van der Waals surface area (Å²) in [6.45, 7) is 3.44. The first-order valence-corrected chi connectivity index (χ1v) is 6.54. The zero-order valence-electron chi connectivity index (χ0n) is 11.6. The van der Waals surface area contributed by atoms with Crippen LogP contribution in [0.1, 0.15) is 37.2 Å². The molecule has 0 heterocycles. The fourth-order valence-electron chi connectivity index (χ4n) is 1.75. The molecule has 0 bridgehead atoms. The van der Waals surface area contributed by atoms with Gasteiger partial charge in [0.05, 0.1) is 23.6 Å². The Kier molecular flexibility index (Phi) is 4.61. The van der Waals surface area contributed by atoms with Crippen LogP contribution in [0.25, 0.3) is 0 Å². The van der Waals surface area contributed by atoms with Crippen LogP contribution in [0.15, 0.2) is 58.8 Å². The third-order valence-corrected chi connectivity index (χ3v) is 3.03. The van der Waals surface area contributed by atoms with Crippen LogP contribution in [0.3, 0.4) is 0 Å². The Hall–Kier alpha value is -2.04. The molecule has 0 aliphatic carbocycles. The summed E-state index contributed by atoms with van der Waals surface area (Å²) in [6.07, 6.45) is -0.956. The minimum atomic E-state index is -0.478. The lowest BCUT2D eigenvalue weighted by Crippen LogP contribution is -1.88. The molecule has 0 spiro atoms. The minimum Gasteiger partial charge on any atom is -0.389 e. The van der Waals surface area contributed by atoms with E-state index in [1.54, 1.807) is 13.8 Å². The minimum absolute atomic E-state index is 0.478. The SMILES string of the molecule is CC(O)c1ccc(/N=N/c2ccc(C(C)O)cc2)cc1. The highest BCUT2D eigenvalue weighted by Crippen LogP contribution is 2.22. The van der Waals surface area contributed by atoms with Crippen molar-refractivity contribution in [2.45, 2.75) is 26.1 Å². The molecule has 0 radical (unpaired) electrons. The molecule has 0 aromatic heterocycles. The van der Waals surface area contributed by atoms with Gasteiger partial charge in [-0.2, -0.15) is 10.2 Å². The second-order valence-corrected chi connectivity index (χ2v) is 4.74. The van der Waals surface area contributed by atoms with Crippen LogP contribution in [0, 0.1) is 0 Å². The van der Waals surface area contributed by atoms with Gasteiger partial charge in [-0.1, -0.05) is 24.3 Å². The van der Waals surface area contributed by atoms with Crippen molar-refractivity contribution >= 4 is 11.4 Å². The normalized spacial score (nSPS) is 14.4. The van der Waals surface area contributed by atoms with E-state index in [0.29, 0.717) is 0 Å². The highest BCUT2D eigenvalue weighted by atomic mass is 16.3. The van der Waals surface area contributed by atoms with Crippen molar-refractivity contribution in [3.05, 3.63) is 59.7 Å². The monoisotopic (exact) mass is 270 g/mol. The zero-order valence-corrected chi connectivity index (χ0v) is 11.6. The van der Waals surface area contributed by atoms with E-state index in [9.17, 15) is 10.2 Å². The molecule has 104 valence electrons. The number of azo groups is 1. The summed E-state index contributed by atoms with van der Waals surface area (Å²) in [5.41, 5.74) is 3.17. The highest BCUT2D eigenvalue weighted by molar-refractivity contribution is 5.42. The van der Waals surface area contributed by atoms with Gasteiger partial charge in [-0.05, 0) is 49.2 Å². The second-order valence-electron chi connectivity index (χ2n) is 4.74.